The molecule has 1 atom stereocenters. The lowest BCUT2D eigenvalue weighted by Crippen LogP contribution is -2.29. The third kappa shape index (κ3) is 2.71. The van der Waals surface area contributed by atoms with Gasteiger partial charge in [-0.15, -0.1) is 0 Å². The highest BCUT2D eigenvalue weighted by Gasteiger charge is 2.31. The molecule has 1 aromatic carbocycles. The smallest absolute Gasteiger partial charge is 0.313 e. The highest BCUT2D eigenvalue weighted by atomic mass is 32.2. The zero-order chi connectivity index (χ0) is 13.1. The Bertz CT molecular complexity index is 522. The molecule has 0 heterocycles. The predicted molar refractivity (Wildman–Crippen MR) is 62.8 cm³/mol. The number of carboxylic acids is 1. The van der Waals surface area contributed by atoms with E-state index in [1.807, 2.05) is 0 Å². The summed E-state index contributed by atoms with van der Waals surface area (Å²) in [5.74, 6) is -2.59. The Morgan fingerprint density at radius 1 is 1.35 bits per heavy atom. The minimum Gasteiger partial charge on any atom is -0.481 e. The van der Waals surface area contributed by atoms with Crippen LogP contribution in [0.2, 0.25) is 0 Å². The fourth-order valence-corrected chi connectivity index (χ4v) is 2.80. The van der Waals surface area contributed by atoms with Crippen molar-refractivity contribution in [3.63, 3.8) is 0 Å². The maximum atomic E-state index is 11.9. The molecule has 92 valence electrons. The van der Waals surface area contributed by atoms with Gasteiger partial charge in [0.05, 0.1) is 4.90 Å². The Morgan fingerprint density at radius 2 is 1.88 bits per heavy atom. The summed E-state index contributed by atoms with van der Waals surface area (Å²) in [6.07, 6.45) is 0.0697. The molecule has 1 aromatic rings. The molecule has 17 heavy (non-hydrogen) atoms. The zero-order valence-electron chi connectivity index (χ0n) is 9.25. The molecule has 0 aliphatic carbocycles. The summed E-state index contributed by atoms with van der Waals surface area (Å²) in [6.45, 7) is 1.54. The van der Waals surface area contributed by atoms with Gasteiger partial charge in [0.15, 0.2) is 0 Å². The standard InChI is InChI=1S/C11H13NO4S/c1-2-9(11(13)14)10(12)17(15,16)8-6-4-3-5-7-8/h3-7,9,12H,2H2,1H3,(H,13,14)/t9-/m1/s1. The predicted octanol–water partition coefficient (Wildman–Crippen LogP) is 1.55. The summed E-state index contributed by atoms with van der Waals surface area (Å²) in [7, 11) is -3.99. The van der Waals surface area contributed by atoms with Gasteiger partial charge in [-0.2, -0.15) is 0 Å². The largest absolute Gasteiger partial charge is 0.481 e. The van der Waals surface area contributed by atoms with Crippen molar-refractivity contribution in [1.29, 1.82) is 5.41 Å². The van der Waals surface area contributed by atoms with Crippen molar-refractivity contribution in [2.75, 3.05) is 0 Å². The molecule has 0 aromatic heterocycles. The first-order valence-electron chi connectivity index (χ1n) is 5.02. The lowest BCUT2D eigenvalue weighted by molar-refractivity contribution is -0.139. The third-order valence-corrected chi connectivity index (χ3v) is 4.12. The van der Waals surface area contributed by atoms with Crippen LogP contribution in [0.5, 0.6) is 0 Å². The SMILES string of the molecule is CC[C@H](C(=N)S(=O)(=O)c1ccccc1)C(=O)O. The first-order valence-corrected chi connectivity index (χ1v) is 6.51. The average molecular weight is 255 g/mol. The van der Waals surface area contributed by atoms with Crippen LogP contribution in [-0.4, -0.2) is 24.5 Å². The summed E-state index contributed by atoms with van der Waals surface area (Å²) < 4.78 is 23.9. The van der Waals surface area contributed by atoms with Gasteiger partial charge in [-0.1, -0.05) is 25.1 Å². The monoisotopic (exact) mass is 255 g/mol. The van der Waals surface area contributed by atoms with E-state index >= 15 is 0 Å². The number of aliphatic carboxylic acids is 1. The van der Waals surface area contributed by atoms with Gasteiger partial charge in [-0.3, -0.25) is 10.2 Å². The van der Waals surface area contributed by atoms with Crippen molar-refractivity contribution >= 4 is 20.9 Å². The quantitative estimate of drug-likeness (QED) is 0.630. The fraction of sp³-hybridized carbons (Fsp3) is 0.273. The minimum atomic E-state index is -3.99. The minimum absolute atomic E-state index is 0.0512. The molecule has 0 radical (unpaired) electrons. The van der Waals surface area contributed by atoms with E-state index in [0.717, 1.165) is 0 Å². The van der Waals surface area contributed by atoms with Crippen LogP contribution in [-0.2, 0) is 14.6 Å². The van der Waals surface area contributed by atoms with Gasteiger partial charge in [0.2, 0.25) is 9.84 Å². The number of sulfone groups is 1. The average Bonchev–Trinajstić information content (AvgIpc) is 2.30. The Morgan fingerprint density at radius 3 is 2.29 bits per heavy atom. The molecule has 0 bridgehead atoms. The lowest BCUT2D eigenvalue weighted by Gasteiger charge is -2.11. The molecule has 0 amide bonds. The Kier molecular flexibility index (Phi) is 4.01. The van der Waals surface area contributed by atoms with Crippen molar-refractivity contribution in [1.82, 2.24) is 0 Å². The molecule has 6 heteroatoms. The van der Waals surface area contributed by atoms with E-state index in [9.17, 15) is 13.2 Å². The lowest BCUT2D eigenvalue weighted by atomic mass is 10.1. The second kappa shape index (κ2) is 5.09. The Hall–Kier alpha value is -1.69. The Balaban J connectivity index is 3.16. The number of carbonyl (C=O) groups is 1. The second-order valence-electron chi connectivity index (χ2n) is 3.48. The topological polar surface area (TPSA) is 95.3 Å². The van der Waals surface area contributed by atoms with Crippen LogP contribution in [0.3, 0.4) is 0 Å². The van der Waals surface area contributed by atoms with Gasteiger partial charge in [-0.25, -0.2) is 8.42 Å². The number of nitrogens with one attached hydrogen (secondary N) is 1. The van der Waals surface area contributed by atoms with Gasteiger partial charge in [0, 0.05) is 0 Å². The molecule has 1 rings (SSSR count). The number of carboxylic acid groups (broad SMARTS) is 1. The van der Waals surface area contributed by atoms with Crippen LogP contribution in [0.25, 0.3) is 0 Å². The number of benzene rings is 1. The van der Waals surface area contributed by atoms with Crippen LogP contribution >= 0.6 is 0 Å². The normalized spacial score (nSPS) is 13.0. The van der Waals surface area contributed by atoms with Gasteiger partial charge in [0.1, 0.15) is 11.0 Å². The van der Waals surface area contributed by atoms with Crippen molar-refractivity contribution < 1.29 is 18.3 Å². The summed E-state index contributed by atoms with van der Waals surface area (Å²) >= 11 is 0. The molecule has 2 N–H and O–H groups in total. The summed E-state index contributed by atoms with van der Waals surface area (Å²) in [5.41, 5.74) is 0. The number of rotatable bonds is 4. The van der Waals surface area contributed by atoms with E-state index in [0.29, 0.717) is 0 Å². The maximum absolute atomic E-state index is 11.9. The molecule has 0 spiro atoms. The van der Waals surface area contributed by atoms with Crippen LogP contribution in [0, 0.1) is 11.3 Å². The first kappa shape index (κ1) is 13.4. The van der Waals surface area contributed by atoms with Crippen LogP contribution < -0.4 is 0 Å². The van der Waals surface area contributed by atoms with Crippen LogP contribution in [0.1, 0.15) is 13.3 Å². The molecule has 0 fully saturated rings. The van der Waals surface area contributed by atoms with E-state index in [2.05, 4.69) is 0 Å². The highest BCUT2D eigenvalue weighted by Crippen LogP contribution is 2.18. The van der Waals surface area contributed by atoms with Gasteiger partial charge < -0.3 is 5.11 Å². The van der Waals surface area contributed by atoms with Gasteiger partial charge in [0.25, 0.3) is 0 Å². The van der Waals surface area contributed by atoms with E-state index in [1.165, 1.54) is 31.2 Å². The summed E-state index contributed by atoms with van der Waals surface area (Å²) in [4.78, 5) is 10.8. The summed E-state index contributed by atoms with van der Waals surface area (Å²) in [5, 5.41) is 15.6. The zero-order valence-corrected chi connectivity index (χ0v) is 10.1. The van der Waals surface area contributed by atoms with Crippen molar-refractivity contribution in [3.05, 3.63) is 30.3 Å². The highest BCUT2D eigenvalue weighted by molar-refractivity contribution is 8.06. The maximum Gasteiger partial charge on any atom is 0.313 e. The van der Waals surface area contributed by atoms with Crippen molar-refractivity contribution in [3.8, 4) is 0 Å². The van der Waals surface area contributed by atoms with Gasteiger partial charge in [-0.05, 0) is 18.6 Å². The molecular formula is C11H13NO4S. The molecule has 0 saturated carbocycles. The third-order valence-electron chi connectivity index (χ3n) is 2.37. The molecule has 0 unspecified atom stereocenters. The fourth-order valence-electron chi connectivity index (χ4n) is 1.39. The molecule has 0 aliphatic rings. The molecule has 5 nitrogen and oxygen atoms in total. The second-order valence-corrected chi connectivity index (χ2v) is 5.40. The number of hydrogen-bond acceptors (Lipinski definition) is 4. The first-order chi connectivity index (χ1) is 7.91. The summed E-state index contributed by atoms with van der Waals surface area (Å²) in [6, 6.07) is 7.40. The number of hydrogen-bond donors (Lipinski definition) is 2. The van der Waals surface area contributed by atoms with Gasteiger partial charge >= 0.3 is 5.97 Å². The Labute approximate surface area is 99.5 Å². The van der Waals surface area contributed by atoms with Crippen molar-refractivity contribution in [2.24, 2.45) is 5.92 Å². The van der Waals surface area contributed by atoms with E-state index in [-0.39, 0.29) is 11.3 Å². The van der Waals surface area contributed by atoms with Crippen LogP contribution in [0.4, 0.5) is 0 Å². The molecular weight excluding hydrogens is 242 g/mol. The van der Waals surface area contributed by atoms with E-state index in [1.54, 1.807) is 6.07 Å². The van der Waals surface area contributed by atoms with Crippen LogP contribution in [0.15, 0.2) is 35.2 Å². The van der Waals surface area contributed by atoms with E-state index < -0.39 is 26.8 Å². The van der Waals surface area contributed by atoms with Crippen molar-refractivity contribution in [2.45, 2.75) is 18.2 Å². The van der Waals surface area contributed by atoms with E-state index in [4.69, 9.17) is 10.5 Å². The molecule has 0 aliphatic heterocycles. The molecule has 0 saturated heterocycles.